The maximum atomic E-state index is 2.56. The lowest BCUT2D eigenvalue weighted by Crippen LogP contribution is -2.18. The molecule has 0 aromatic heterocycles. The Bertz CT molecular complexity index is 3090. The molecule has 1 heteroatoms. The summed E-state index contributed by atoms with van der Waals surface area (Å²) in [6.45, 7) is 9.51. The smallest absolute Gasteiger partial charge is 0.0543 e. The lowest BCUT2D eigenvalue weighted by Gasteiger charge is -2.32. The second kappa shape index (κ2) is 12.4. The first-order valence-electron chi connectivity index (χ1n) is 20.2. The van der Waals surface area contributed by atoms with Gasteiger partial charge in [-0.1, -0.05) is 173 Å². The molecular formula is C56H43N. The molecule has 272 valence electrons. The van der Waals surface area contributed by atoms with E-state index in [1.165, 1.54) is 94.0 Å². The zero-order valence-corrected chi connectivity index (χ0v) is 32.8. The maximum Gasteiger partial charge on any atom is 0.0543 e. The van der Waals surface area contributed by atoms with Crippen LogP contribution in [0.1, 0.15) is 49.9 Å². The number of benzene rings is 9. The van der Waals surface area contributed by atoms with Crippen LogP contribution < -0.4 is 4.90 Å². The highest BCUT2D eigenvalue weighted by Gasteiger charge is 2.39. The minimum absolute atomic E-state index is 0.129. The van der Waals surface area contributed by atoms with Gasteiger partial charge in [-0.25, -0.2) is 0 Å². The summed E-state index contributed by atoms with van der Waals surface area (Å²) in [5.41, 5.74) is 18.8. The van der Waals surface area contributed by atoms with Gasteiger partial charge in [-0.05, 0) is 120 Å². The Hall–Kier alpha value is -6.70. The fraction of sp³-hybridized carbons (Fsp3) is 0.107. The number of anilines is 3. The van der Waals surface area contributed by atoms with Crippen molar-refractivity contribution < 1.29 is 0 Å². The second-order valence-corrected chi connectivity index (χ2v) is 17.0. The lowest BCUT2D eigenvalue weighted by atomic mass is 9.82. The molecule has 2 aliphatic rings. The largest absolute Gasteiger partial charge is 0.309 e. The van der Waals surface area contributed by atoms with Crippen LogP contribution in [0.3, 0.4) is 0 Å². The third-order valence-electron chi connectivity index (χ3n) is 13.0. The summed E-state index contributed by atoms with van der Waals surface area (Å²) in [5.74, 6) is 0. The predicted octanol–water partition coefficient (Wildman–Crippen LogP) is 15.4. The van der Waals surface area contributed by atoms with Crippen molar-refractivity contribution in [1.29, 1.82) is 0 Å². The van der Waals surface area contributed by atoms with E-state index in [9.17, 15) is 0 Å². The third kappa shape index (κ3) is 5.08. The summed E-state index contributed by atoms with van der Waals surface area (Å²) in [6, 6.07) is 70.3. The van der Waals surface area contributed by atoms with E-state index in [1.54, 1.807) is 0 Å². The molecule has 0 bridgehead atoms. The lowest BCUT2D eigenvalue weighted by molar-refractivity contribution is 0.660. The van der Waals surface area contributed by atoms with E-state index >= 15 is 0 Å². The van der Waals surface area contributed by atoms with Crippen LogP contribution >= 0.6 is 0 Å². The van der Waals surface area contributed by atoms with E-state index in [0.717, 1.165) is 11.4 Å². The zero-order chi connectivity index (χ0) is 38.5. The van der Waals surface area contributed by atoms with Crippen LogP contribution in [-0.4, -0.2) is 0 Å². The number of fused-ring (bicyclic) bond motifs is 8. The van der Waals surface area contributed by atoms with E-state index in [0.29, 0.717) is 0 Å². The van der Waals surface area contributed by atoms with Gasteiger partial charge in [0.1, 0.15) is 0 Å². The molecular weight excluding hydrogens is 687 g/mol. The van der Waals surface area contributed by atoms with Crippen molar-refractivity contribution in [2.24, 2.45) is 0 Å². The molecule has 11 rings (SSSR count). The highest BCUT2D eigenvalue weighted by molar-refractivity contribution is 6.01. The summed E-state index contributed by atoms with van der Waals surface area (Å²) >= 11 is 0. The van der Waals surface area contributed by atoms with Gasteiger partial charge in [0.2, 0.25) is 0 Å². The Balaban J connectivity index is 1.20. The van der Waals surface area contributed by atoms with Crippen molar-refractivity contribution >= 4 is 38.6 Å². The van der Waals surface area contributed by atoms with Crippen LogP contribution in [0.2, 0.25) is 0 Å². The van der Waals surface area contributed by atoms with E-state index in [-0.39, 0.29) is 10.8 Å². The van der Waals surface area contributed by atoms with E-state index in [4.69, 9.17) is 0 Å². The zero-order valence-electron chi connectivity index (χ0n) is 32.8. The topological polar surface area (TPSA) is 3.24 Å². The van der Waals surface area contributed by atoms with Crippen molar-refractivity contribution in [3.63, 3.8) is 0 Å². The van der Waals surface area contributed by atoms with Gasteiger partial charge in [-0.2, -0.15) is 0 Å². The average Bonchev–Trinajstić information content (AvgIpc) is 3.63. The molecule has 57 heavy (non-hydrogen) atoms. The first-order chi connectivity index (χ1) is 27.8. The number of hydrogen-bond acceptors (Lipinski definition) is 1. The molecule has 2 aliphatic carbocycles. The molecule has 0 saturated carbocycles. The summed E-state index contributed by atoms with van der Waals surface area (Å²) < 4.78 is 0. The molecule has 0 unspecified atom stereocenters. The number of nitrogens with zero attached hydrogens (tertiary/aromatic N) is 1. The monoisotopic (exact) mass is 729 g/mol. The quantitative estimate of drug-likeness (QED) is 0.170. The fourth-order valence-corrected chi connectivity index (χ4v) is 10.0. The molecule has 0 saturated heterocycles. The van der Waals surface area contributed by atoms with E-state index in [1.807, 2.05) is 0 Å². The molecule has 0 amide bonds. The Labute approximate surface area is 335 Å². The Kier molecular flexibility index (Phi) is 7.32. The van der Waals surface area contributed by atoms with Gasteiger partial charge >= 0.3 is 0 Å². The summed E-state index contributed by atoms with van der Waals surface area (Å²) in [5, 5.41) is 4.97. The maximum absolute atomic E-state index is 2.56. The van der Waals surface area contributed by atoms with E-state index in [2.05, 4.69) is 221 Å². The first-order valence-corrected chi connectivity index (χ1v) is 20.2. The molecule has 0 spiro atoms. The summed E-state index contributed by atoms with van der Waals surface area (Å²) in [4.78, 5) is 2.56. The molecule has 0 heterocycles. The molecule has 0 radical (unpaired) electrons. The van der Waals surface area contributed by atoms with Crippen molar-refractivity contribution in [3.05, 3.63) is 210 Å². The Morgan fingerprint density at radius 3 is 1.58 bits per heavy atom. The minimum Gasteiger partial charge on any atom is -0.309 e. The predicted molar refractivity (Wildman–Crippen MR) is 242 cm³/mol. The van der Waals surface area contributed by atoms with Gasteiger partial charge in [0.05, 0.1) is 11.4 Å². The molecule has 0 aliphatic heterocycles. The number of hydrogen-bond donors (Lipinski definition) is 0. The van der Waals surface area contributed by atoms with Gasteiger partial charge in [0.15, 0.2) is 0 Å². The van der Waals surface area contributed by atoms with Gasteiger partial charge in [-0.3, -0.25) is 0 Å². The van der Waals surface area contributed by atoms with Crippen LogP contribution in [0, 0.1) is 0 Å². The molecule has 9 aromatic carbocycles. The van der Waals surface area contributed by atoms with Crippen LogP contribution in [0.15, 0.2) is 188 Å². The highest BCUT2D eigenvalue weighted by atomic mass is 15.1. The summed E-state index contributed by atoms with van der Waals surface area (Å²) in [6.07, 6.45) is 0. The summed E-state index contributed by atoms with van der Waals surface area (Å²) in [7, 11) is 0. The standard InChI is InChI=1S/C56H43N/c1-55(2)49-21-12-10-19-46(49)54-50(55)22-13-23-53(54)57(43-29-30-45-44-18-9-11-20-48(44)56(3,4)51(45)35-43)52-31-28-41(40-26-24-36-14-5-7-16-38(36)32-40)34-47(52)42-27-25-37-15-6-8-17-39(37)33-42/h5-35H,1-4H3. The van der Waals surface area contributed by atoms with Crippen LogP contribution in [-0.2, 0) is 10.8 Å². The molecule has 1 nitrogen and oxygen atoms in total. The Morgan fingerprint density at radius 2 is 0.842 bits per heavy atom. The minimum atomic E-state index is -0.137. The van der Waals surface area contributed by atoms with Crippen molar-refractivity contribution in [2.75, 3.05) is 4.90 Å². The Morgan fingerprint density at radius 1 is 0.316 bits per heavy atom. The van der Waals surface area contributed by atoms with Gasteiger partial charge in [0, 0.05) is 27.6 Å². The fourth-order valence-electron chi connectivity index (χ4n) is 10.0. The third-order valence-corrected chi connectivity index (χ3v) is 13.0. The average molecular weight is 730 g/mol. The van der Waals surface area contributed by atoms with Crippen molar-refractivity contribution in [1.82, 2.24) is 0 Å². The van der Waals surface area contributed by atoms with Gasteiger partial charge < -0.3 is 4.90 Å². The highest BCUT2D eigenvalue weighted by Crippen LogP contribution is 2.56. The van der Waals surface area contributed by atoms with Gasteiger partial charge in [-0.15, -0.1) is 0 Å². The van der Waals surface area contributed by atoms with Crippen LogP contribution in [0.4, 0.5) is 17.1 Å². The SMILES string of the molecule is CC1(C)c2ccccc2-c2ccc(N(c3ccc(-c4ccc5ccccc5c4)cc3-c3ccc4ccccc4c3)c3cccc4c3-c3ccccc3C4(C)C)cc21. The van der Waals surface area contributed by atoms with Crippen molar-refractivity contribution in [3.8, 4) is 44.5 Å². The van der Waals surface area contributed by atoms with Crippen molar-refractivity contribution in [2.45, 2.75) is 38.5 Å². The molecule has 0 N–H and O–H groups in total. The molecule has 0 atom stereocenters. The molecule has 9 aromatic rings. The normalized spacial score (nSPS) is 14.2. The van der Waals surface area contributed by atoms with E-state index < -0.39 is 0 Å². The van der Waals surface area contributed by atoms with Crippen LogP contribution in [0.25, 0.3) is 66.1 Å². The first kappa shape index (κ1) is 33.6. The number of rotatable bonds is 5. The van der Waals surface area contributed by atoms with Gasteiger partial charge in [0.25, 0.3) is 0 Å². The molecule has 0 fully saturated rings. The van der Waals surface area contributed by atoms with Crippen LogP contribution in [0.5, 0.6) is 0 Å². The second-order valence-electron chi connectivity index (χ2n) is 17.0.